The van der Waals surface area contributed by atoms with Gasteiger partial charge in [0.2, 0.25) is 0 Å². The van der Waals surface area contributed by atoms with Gasteiger partial charge in [0.05, 0.1) is 0 Å². The van der Waals surface area contributed by atoms with Crippen LogP contribution in [0.2, 0.25) is 5.02 Å². The molecule has 14 heavy (non-hydrogen) atoms. The number of hydrogen-bond acceptors (Lipinski definition) is 2. The maximum Gasteiger partial charge on any atom is 0.309 e. The first kappa shape index (κ1) is 10.8. The van der Waals surface area contributed by atoms with Gasteiger partial charge in [0.25, 0.3) is 5.92 Å². The zero-order chi connectivity index (χ0) is 10.8. The smallest absolute Gasteiger partial charge is 0.309 e. The molecular weight excluding hydrogens is 216 g/mol. The summed E-state index contributed by atoms with van der Waals surface area (Å²) in [5.41, 5.74) is -0.632. The van der Waals surface area contributed by atoms with Crippen LogP contribution in [0.4, 0.5) is 8.78 Å². The molecule has 0 aliphatic carbocycles. The van der Waals surface area contributed by atoms with Gasteiger partial charge in [-0.1, -0.05) is 11.6 Å². The second-order valence-electron chi connectivity index (χ2n) is 2.63. The van der Waals surface area contributed by atoms with Crippen LogP contribution in [-0.2, 0) is 10.7 Å². The molecule has 1 aromatic rings. The fraction of sp³-hybridized carbons (Fsp3) is 0.250. The largest absolute Gasteiger partial charge is 0.481 e. The Hall–Kier alpha value is -1.23. The molecule has 0 atom stereocenters. The van der Waals surface area contributed by atoms with Crippen LogP contribution in [0.3, 0.4) is 0 Å². The van der Waals surface area contributed by atoms with Crippen molar-refractivity contribution in [2.45, 2.75) is 12.3 Å². The molecule has 0 aliphatic heterocycles. The van der Waals surface area contributed by atoms with Crippen molar-refractivity contribution in [2.75, 3.05) is 0 Å². The first-order chi connectivity index (χ1) is 6.42. The van der Waals surface area contributed by atoms with Crippen molar-refractivity contribution in [3.05, 3.63) is 29.0 Å². The van der Waals surface area contributed by atoms with E-state index in [4.69, 9.17) is 16.7 Å². The Labute approximate surface area is 83.3 Å². The van der Waals surface area contributed by atoms with Crippen LogP contribution >= 0.6 is 11.6 Å². The minimum Gasteiger partial charge on any atom is -0.481 e. The fourth-order valence-electron chi connectivity index (χ4n) is 0.885. The van der Waals surface area contributed by atoms with Gasteiger partial charge in [-0.15, -0.1) is 0 Å². The van der Waals surface area contributed by atoms with Gasteiger partial charge < -0.3 is 5.11 Å². The Morgan fingerprint density at radius 1 is 1.64 bits per heavy atom. The monoisotopic (exact) mass is 221 g/mol. The Morgan fingerprint density at radius 2 is 2.29 bits per heavy atom. The van der Waals surface area contributed by atoms with E-state index in [1.807, 2.05) is 0 Å². The van der Waals surface area contributed by atoms with Gasteiger partial charge in [-0.05, 0) is 12.1 Å². The standard InChI is InChI=1S/C8H6ClF2NO2/c9-5-1-2-12-6(3-5)8(10,11)4-7(13)14/h1-3H,4H2,(H,13,14). The molecule has 0 radical (unpaired) electrons. The van der Waals surface area contributed by atoms with Crippen molar-refractivity contribution >= 4 is 17.6 Å². The number of hydrogen-bond donors (Lipinski definition) is 1. The van der Waals surface area contributed by atoms with Gasteiger partial charge in [0.1, 0.15) is 12.1 Å². The van der Waals surface area contributed by atoms with Gasteiger partial charge in [0.15, 0.2) is 0 Å². The molecule has 0 unspecified atom stereocenters. The maximum absolute atomic E-state index is 13.1. The fourth-order valence-corrected chi connectivity index (χ4v) is 1.04. The molecule has 0 aromatic carbocycles. The van der Waals surface area contributed by atoms with E-state index in [9.17, 15) is 13.6 Å². The highest BCUT2D eigenvalue weighted by molar-refractivity contribution is 6.30. The van der Waals surface area contributed by atoms with Crippen LogP contribution in [-0.4, -0.2) is 16.1 Å². The zero-order valence-electron chi connectivity index (χ0n) is 6.88. The highest BCUT2D eigenvalue weighted by atomic mass is 35.5. The summed E-state index contributed by atoms with van der Waals surface area (Å²) in [7, 11) is 0. The maximum atomic E-state index is 13.1. The van der Waals surface area contributed by atoms with E-state index < -0.39 is 24.0 Å². The first-order valence-corrected chi connectivity index (χ1v) is 4.01. The molecule has 0 saturated heterocycles. The van der Waals surface area contributed by atoms with E-state index in [1.165, 1.54) is 6.07 Å². The average Bonchev–Trinajstić information content (AvgIpc) is 2.01. The molecule has 76 valence electrons. The Kier molecular flexibility index (Phi) is 3.00. The normalized spacial score (nSPS) is 11.4. The summed E-state index contributed by atoms with van der Waals surface area (Å²) in [4.78, 5) is 13.5. The van der Waals surface area contributed by atoms with E-state index in [0.717, 1.165) is 12.3 Å². The van der Waals surface area contributed by atoms with Crippen LogP contribution in [0.1, 0.15) is 12.1 Å². The summed E-state index contributed by atoms with van der Waals surface area (Å²) in [6.07, 6.45) is -0.187. The van der Waals surface area contributed by atoms with Crippen LogP contribution in [0.5, 0.6) is 0 Å². The average molecular weight is 222 g/mol. The van der Waals surface area contributed by atoms with Crippen LogP contribution in [0, 0.1) is 0 Å². The van der Waals surface area contributed by atoms with E-state index >= 15 is 0 Å². The highest BCUT2D eigenvalue weighted by Gasteiger charge is 2.36. The molecule has 1 heterocycles. The van der Waals surface area contributed by atoms with Gasteiger partial charge in [-0.2, -0.15) is 8.78 Å². The number of carbonyl (C=O) groups is 1. The van der Waals surface area contributed by atoms with Crippen molar-refractivity contribution in [1.29, 1.82) is 0 Å². The zero-order valence-corrected chi connectivity index (χ0v) is 7.63. The lowest BCUT2D eigenvalue weighted by atomic mass is 10.1. The predicted octanol–water partition coefficient (Wildman–Crippen LogP) is 2.30. The number of pyridine rings is 1. The summed E-state index contributed by atoms with van der Waals surface area (Å²) in [6.45, 7) is 0. The number of aliphatic carboxylic acids is 1. The number of alkyl halides is 2. The van der Waals surface area contributed by atoms with E-state index in [2.05, 4.69) is 4.98 Å². The van der Waals surface area contributed by atoms with Crippen LogP contribution < -0.4 is 0 Å². The Bertz CT molecular complexity index is 357. The molecule has 6 heteroatoms. The second kappa shape index (κ2) is 3.88. The van der Waals surface area contributed by atoms with Gasteiger partial charge >= 0.3 is 5.97 Å². The SMILES string of the molecule is O=C(O)CC(F)(F)c1cc(Cl)ccn1. The lowest BCUT2D eigenvalue weighted by Crippen LogP contribution is -2.19. The summed E-state index contributed by atoms with van der Waals surface area (Å²) < 4.78 is 26.2. The van der Waals surface area contributed by atoms with E-state index in [1.54, 1.807) is 0 Å². The lowest BCUT2D eigenvalue weighted by Gasteiger charge is -2.12. The second-order valence-corrected chi connectivity index (χ2v) is 3.07. The number of nitrogens with zero attached hydrogens (tertiary/aromatic N) is 1. The third-order valence-electron chi connectivity index (χ3n) is 1.47. The number of carboxylic acids is 1. The van der Waals surface area contributed by atoms with Crippen LogP contribution in [0.15, 0.2) is 18.3 Å². The minimum absolute atomic E-state index is 0.0973. The molecule has 0 fully saturated rings. The van der Waals surface area contributed by atoms with Crippen molar-refractivity contribution in [3.8, 4) is 0 Å². The molecule has 1 N–H and O–H groups in total. The minimum atomic E-state index is -3.49. The molecule has 0 bridgehead atoms. The lowest BCUT2D eigenvalue weighted by molar-refractivity contribution is -0.145. The molecule has 3 nitrogen and oxygen atoms in total. The molecule has 1 rings (SSSR count). The third kappa shape index (κ3) is 2.63. The summed E-state index contributed by atoms with van der Waals surface area (Å²) in [6, 6.07) is 2.28. The molecule has 0 aliphatic rings. The van der Waals surface area contributed by atoms with Crippen molar-refractivity contribution in [1.82, 2.24) is 4.98 Å². The van der Waals surface area contributed by atoms with Crippen molar-refractivity contribution < 1.29 is 18.7 Å². The van der Waals surface area contributed by atoms with Gasteiger partial charge in [-0.25, -0.2) is 0 Å². The third-order valence-corrected chi connectivity index (χ3v) is 1.71. The number of rotatable bonds is 3. The molecule has 0 saturated carbocycles. The molecule has 1 aromatic heterocycles. The van der Waals surface area contributed by atoms with E-state index in [-0.39, 0.29) is 5.02 Å². The van der Waals surface area contributed by atoms with E-state index in [0.29, 0.717) is 0 Å². The van der Waals surface area contributed by atoms with Gasteiger partial charge in [-0.3, -0.25) is 9.78 Å². The summed E-state index contributed by atoms with van der Waals surface area (Å²) in [5, 5.41) is 8.34. The summed E-state index contributed by atoms with van der Waals surface area (Å²) in [5.74, 6) is -5.08. The van der Waals surface area contributed by atoms with Crippen LogP contribution in [0.25, 0.3) is 0 Å². The Morgan fingerprint density at radius 3 is 2.79 bits per heavy atom. The van der Waals surface area contributed by atoms with Gasteiger partial charge in [0, 0.05) is 11.2 Å². The predicted molar refractivity (Wildman–Crippen MR) is 45.4 cm³/mol. The number of carboxylic acid groups (broad SMARTS) is 1. The molecule has 0 spiro atoms. The topological polar surface area (TPSA) is 50.2 Å². The highest BCUT2D eigenvalue weighted by Crippen LogP contribution is 2.31. The Balaban J connectivity index is 2.97. The quantitative estimate of drug-likeness (QED) is 0.852. The number of aromatic nitrogens is 1. The first-order valence-electron chi connectivity index (χ1n) is 3.63. The molecule has 0 amide bonds. The molecular formula is C8H6ClF2NO2. The number of halogens is 3. The van der Waals surface area contributed by atoms with Crippen molar-refractivity contribution in [2.24, 2.45) is 0 Å². The van der Waals surface area contributed by atoms with Crippen molar-refractivity contribution in [3.63, 3.8) is 0 Å². The summed E-state index contributed by atoms with van der Waals surface area (Å²) >= 11 is 5.47.